The van der Waals surface area contributed by atoms with E-state index in [4.69, 9.17) is 4.52 Å². The van der Waals surface area contributed by atoms with Crippen molar-refractivity contribution in [2.24, 2.45) is 5.92 Å². The largest absolute Gasteiger partial charge is 0.339 e. The van der Waals surface area contributed by atoms with Gasteiger partial charge in [-0.15, -0.1) is 0 Å². The zero-order valence-electron chi connectivity index (χ0n) is 14.4. The number of aromatic amines is 1. The highest BCUT2D eigenvalue weighted by atomic mass is 16.5. The van der Waals surface area contributed by atoms with E-state index in [9.17, 15) is 9.59 Å². The highest BCUT2D eigenvalue weighted by Gasteiger charge is 2.27. The number of carbonyl (C=O) groups is 1. The lowest BCUT2D eigenvalue weighted by Crippen LogP contribution is -2.41. The van der Waals surface area contributed by atoms with Gasteiger partial charge in [0, 0.05) is 38.0 Å². The number of H-pyrrole nitrogens is 1. The first-order valence-electron chi connectivity index (χ1n) is 8.63. The van der Waals surface area contributed by atoms with Crippen LogP contribution in [-0.4, -0.2) is 54.2 Å². The maximum absolute atomic E-state index is 12.6. The van der Waals surface area contributed by atoms with E-state index in [-0.39, 0.29) is 23.1 Å². The Morgan fingerprint density at radius 1 is 1.33 bits per heavy atom. The van der Waals surface area contributed by atoms with Gasteiger partial charge >= 0.3 is 0 Å². The summed E-state index contributed by atoms with van der Waals surface area (Å²) in [5.41, 5.74) is 0.452. The summed E-state index contributed by atoms with van der Waals surface area (Å²) in [5, 5.41) is 10.1. The first-order chi connectivity index (χ1) is 13.2. The lowest BCUT2D eigenvalue weighted by atomic mass is 9.94. The number of aromatic nitrogens is 6. The molecule has 1 fully saturated rings. The van der Waals surface area contributed by atoms with Crippen LogP contribution in [0, 0.1) is 5.92 Å². The third kappa shape index (κ3) is 3.89. The number of hydrogen-bond acceptors (Lipinski definition) is 8. The molecule has 1 atom stereocenters. The predicted molar refractivity (Wildman–Crippen MR) is 92.5 cm³/mol. The van der Waals surface area contributed by atoms with Gasteiger partial charge in [-0.05, 0) is 24.8 Å². The van der Waals surface area contributed by atoms with E-state index >= 15 is 0 Å². The van der Waals surface area contributed by atoms with Crippen molar-refractivity contribution in [1.29, 1.82) is 0 Å². The number of amides is 1. The van der Waals surface area contributed by atoms with Crippen molar-refractivity contribution in [2.75, 3.05) is 13.1 Å². The van der Waals surface area contributed by atoms with Crippen LogP contribution in [0.1, 0.15) is 29.2 Å². The molecule has 0 saturated carbocycles. The van der Waals surface area contributed by atoms with Crippen LogP contribution in [0.15, 0.2) is 40.0 Å². The van der Waals surface area contributed by atoms with Gasteiger partial charge in [-0.25, -0.2) is 10.1 Å². The molecule has 3 aromatic heterocycles. The monoisotopic (exact) mass is 367 g/mol. The molecule has 0 radical (unpaired) electrons. The second-order valence-corrected chi connectivity index (χ2v) is 6.37. The Bertz CT molecular complexity index is 965. The average molecular weight is 367 g/mol. The van der Waals surface area contributed by atoms with E-state index in [1.807, 2.05) is 0 Å². The standard InChI is InChI=1S/C17H17N7O3/c25-14-4-3-12(21-22-14)17(26)24-7-1-2-11(10-24)8-15-20-16(23-27-15)13-9-18-5-6-19-13/h3-6,9,11H,1-2,7-8,10H2,(H,22,25)/t11-/m0/s1. The molecule has 27 heavy (non-hydrogen) atoms. The molecule has 0 aromatic carbocycles. The van der Waals surface area contributed by atoms with Gasteiger partial charge in [0.1, 0.15) is 11.4 Å². The molecule has 1 amide bonds. The van der Waals surface area contributed by atoms with Crippen LogP contribution in [-0.2, 0) is 6.42 Å². The van der Waals surface area contributed by atoms with Crippen LogP contribution < -0.4 is 5.56 Å². The SMILES string of the molecule is O=C(c1ccc(=O)[nH]n1)N1CCC[C@@H](Cc2nc(-c3cnccn3)no2)C1. The predicted octanol–water partition coefficient (Wildman–Crippen LogP) is 0.705. The molecule has 1 N–H and O–H groups in total. The summed E-state index contributed by atoms with van der Waals surface area (Å²) in [6, 6.07) is 2.74. The summed E-state index contributed by atoms with van der Waals surface area (Å²) in [6.45, 7) is 1.23. The third-order valence-corrected chi connectivity index (χ3v) is 4.43. The summed E-state index contributed by atoms with van der Waals surface area (Å²) in [7, 11) is 0. The Hall–Kier alpha value is -3.43. The van der Waals surface area contributed by atoms with Gasteiger partial charge in [-0.3, -0.25) is 14.6 Å². The Kier molecular flexibility index (Phi) is 4.69. The molecule has 138 valence electrons. The van der Waals surface area contributed by atoms with Gasteiger partial charge in [0.25, 0.3) is 11.5 Å². The molecule has 1 aliphatic heterocycles. The Labute approximate surface area is 153 Å². The van der Waals surface area contributed by atoms with Crippen molar-refractivity contribution in [3.63, 3.8) is 0 Å². The molecule has 4 rings (SSSR count). The number of carbonyl (C=O) groups excluding carboxylic acids is 1. The number of nitrogens with zero attached hydrogens (tertiary/aromatic N) is 6. The summed E-state index contributed by atoms with van der Waals surface area (Å²) in [4.78, 5) is 37.9. The van der Waals surface area contributed by atoms with E-state index in [1.165, 1.54) is 12.1 Å². The number of hydrogen-bond donors (Lipinski definition) is 1. The minimum absolute atomic E-state index is 0.193. The number of likely N-dealkylation sites (tertiary alicyclic amines) is 1. The molecule has 1 aliphatic rings. The lowest BCUT2D eigenvalue weighted by Gasteiger charge is -2.31. The maximum Gasteiger partial charge on any atom is 0.274 e. The van der Waals surface area contributed by atoms with Crippen LogP contribution in [0.2, 0.25) is 0 Å². The molecule has 0 spiro atoms. The van der Waals surface area contributed by atoms with Crippen LogP contribution in [0.3, 0.4) is 0 Å². The van der Waals surface area contributed by atoms with Crippen molar-refractivity contribution in [2.45, 2.75) is 19.3 Å². The Morgan fingerprint density at radius 3 is 3.04 bits per heavy atom. The zero-order chi connectivity index (χ0) is 18.6. The molecule has 4 heterocycles. The normalized spacial score (nSPS) is 17.0. The lowest BCUT2D eigenvalue weighted by molar-refractivity contribution is 0.0661. The smallest absolute Gasteiger partial charge is 0.274 e. The van der Waals surface area contributed by atoms with Crippen molar-refractivity contribution in [3.8, 4) is 11.5 Å². The first-order valence-corrected chi connectivity index (χ1v) is 8.63. The fraction of sp³-hybridized carbons (Fsp3) is 0.353. The number of nitrogens with one attached hydrogen (secondary N) is 1. The fourth-order valence-corrected chi connectivity index (χ4v) is 3.15. The van der Waals surface area contributed by atoms with E-state index in [0.717, 1.165) is 12.8 Å². The zero-order valence-corrected chi connectivity index (χ0v) is 14.4. The Balaban J connectivity index is 1.41. The molecule has 3 aromatic rings. The second kappa shape index (κ2) is 7.44. The second-order valence-electron chi connectivity index (χ2n) is 6.37. The van der Waals surface area contributed by atoms with Crippen molar-refractivity contribution >= 4 is 5.91 Å². The van der Waals surface area contributed by atoms with Gasteiger partial charge in [0.2, 0.25) is 11.7 Å². The van der Waals surface area contributed by atoms with Gasteiger partial charge in [0.05, 0.1) is 6.20 Å². The first kappa shape index (κ1) is 17.0. The van der Waals surface area contributed by atoms with Gasteiger partial charge in [0.15, 0.2) is 0 Å². The van der Waals surface area contributed by atoms with Crippen LogP contribution in [0.25, 0.3) is 11.5 Å². The van der Waals surface area contributed by atoms with E-state index in [0.29, 0.717) is 36.9 Å². The van der Waals surface area contributed by atoms with E-state index in [1.54, 1.807) is 23.5 Å². The summed E-state index contributed by atoms with van der Waals surface area (Å²) in [5.74, 6) is 0.929. The van der Waals surface area contributed by atoms with Crippen molar-refractivity contribution in [1.82, 2.24) is 35.2 Å². The molecular weight excluding hydrogens is 350 g/mol. The summed E-state index contributed by atoms with van der Waals surface area (Å²) in [6.07, 6.45) is 7.15. The van der Waals surface area contributed by atoms with E-state index < -0.39 is 0 Å². The van der Waals surface area contributed by atoms with Crippen LogP contribution >= 0.6 is 0 Å². The maximum atomic E-state index is 12.6. The Morgan fingerprint density at radius 2 is 2.26 bits per heavy atom. The quantitative estimate of drug-likeness (QED) is 0.713. The summed E-state index contributed by atoms with van der Waals surface area (Å²) < 4.78 is 5.33. The minimum atomic E-state index is -0.335. The highest BCUT2D eigenvalue weighted by molar-refractivity contribution is 5.92. The number of rotatable bonds is 4. The molecule has 0 bridgehead atoms. The van der Waals surface area contributed by atoms with Crippen LogP contribution in [0.5, 0.6) is 0 Å². The fourth-order valence-electron chi connectivity index (χ4n) is 3.15. The minimum Gasteiger partial charge on any atom is -0.339 e. The molecule has 10 nitrogen and oxygen atoms in total. The third-order valence-electron chi connectivity index (χ3n) is 4.43. The molecule has 0 aliphatic carbocycles. The van der Waals surface area contributed by atoms with Gasteiger partial charge < -0.3 is 9.42 Å². The topological polar surface area (TPSA) is 131 Å². The van der Waals surface area contributed by atoms with Gasteiger partial charge in [-0.1, -0.05) is 5.16 Å². The van der Waals surface area contributed by atoms with Crippen molar-refractivity contribution in [3.05, 3.63) is 52.7 Å². The summed E-state index contributed by atoms with van der Waals surface area (Å²) >= 11 is 0. The molecule has 10 heteroatoms. The van der Waals surface area contributed by atoms with Crippen LogP contribution in [0.4, 0.5) is 0 Å². The molecule has 1 saturated heterocycles. The molecular formula is C17H17N7O3. The number of piperidine rings is 1. The molecule has 0 unspecified atom stereocenters. The van der Waals surface area contributed by atoms with E-state index in [2.05, 4.69) is 30.3 Å². The highest BCUT2D eigenvalue weighted by Crippen LogP contribution is 2.22. The van der Waals surface area contributed by atoms with Gasteiger partial charge in [-0.2, -0.15) is 10.1 Å². The average Bonchev–Trinajstić information content (AvgIpc) is 3.17. The van der Waals surface area contributed by atoms with Crippen molar-refractivity contribution < 1.29 is 9.32 Å².